The van der Waals surface area contributed by atoms with Gasteiger partial charge >= 0.3 is 0 Å². The predicted molar refractivity (Wildman–Crippen MR) is 95.7 cm³/mol. The summed E-state index contributed by atoms with van der Waals surface area (Å²) in [5, 5.41) is -0.694. The van der Waals surface area contributed by atoms with Crippen LogP contribution < -0.4 is 5.73 Å². The van der Waals surface area contributed by atoms with Crippen LogP contribution in [0.2, 0.25) is 0 Å². The highest BCUT2D eigenvalue weighted by atomic mass is 32.2. The molecule has 2 aliphatic rings. The van der Waals surface area contributed by atoms with Crippen molar-refractivity contribution < 1.29 is 8.42 Å². The molecule has 124 valence electrons. The van der Waals surface area contributed by atoms with E-state index in [4.69, 9.17) is 5.73 Å². The lowest BCUT2D eigenvalue weighted by molar-refractivity contribution is 0.558. The maximum atomic E-state index is 13.1. The van der Waals surface area contributed by atoms with Crippen molar-refractivity contribution in [3.05, 3.63) is 59.2 Å². The zero-order chi connectivity index (χ0) is 16.7. The largest absolute Gasteiger partial charge is 0.330 e. The van der Waals surface area contributed by atoms with Crippen molar-refractivity contribution in [3.63, 3.8) is 0 Å². The topological polar surface area (TPSA) is 72.5 Å². The maximum Gasteiger partial charge on any atom is 0.190 e. The number of rotatable bonds is 3. The molecule has 0 spiro atoms. The van der Waals surface area contributed by atoms with Gasteiger partial charge in [-0.05, 0) is 61.1 Å². The van der Waals surface area contributed by atoms with Crippen LogP contribution in [0.3, 0.4) is 0 Å². The molecule has 4 rings (SSSR count). The normalized spacial score (nSPS) is 22.2. The van der Waals surface area contributed by atoms with Crippen LogP contribution in [0.5, 0.6) is 0 Å². The number of nitrogens with two attached hydrogens (primary N) is 1. The molecule has 0 aromatic heterocycles. The smallest absolute Gasteiger partial charge is 0.190 e. The first-order chi connectivity index (χ1) is 11.6. The molecular weight excluding hydrogens is 320 g/mol. The molecule has 1 aliphatic heterocycles. The fourth-order valence-corrected chi connectivity index (χ4v) is 5.39. The highest BCUT2D eigenvalue weighted by Crippen LogP contribution is 2.39. The molecule has 1 aliphatic carbocycles. The highest BCUT2D eigenvalue weighted by Gasteiger charge is 2.33. The van der Waals surface area contributed by atoms with Gasteiger partial charge in [0, 0.05) is 11.8 Å². The molecule has 2 aromatic rings. The van der Waals surface area contributed by atoms with E-state index in [2.05, 4.69) is 4.99 Å². The van der Waals surface area contributed by atoms with Gasteiger partial charge in [0.2, 0.25) is 0 Å². The summed E-state index contributed by atoms with van der Waals surface area (Å²) in [4.78, 5) is 4.65. The predicted octanol–water partition coefficient (Wildman–Crippen LogP) is 3.30. The van der Waals surface area contributed by atoms with Gasteiger partial charge < -0.3 is 5.73 Å². The molecule has 0 fully saturated rings. The van der Waals surface area contributed by atoms with E-state index in [9.17, 15) is 8.42 Å². The van der Waals surface area contributed by atoms with Crippen LogP contribution >= 0.6 is 0 Å². The van der Waals surface area contributed by atoms with Gasteiger partial charge in [-0.3, -0.25) is 4.99 Å². The summed E-state index contributed by atoms with van der Waals surface area (Å²) >= 11 is 0. The Balaban J connectivity index is 1.75. The van der Waals surface area contributed by atoms with Crippen molar-refractivity contribution in [2.75, 3.05) is 6.54 Å². The molecule has 24 heavy (non-hydrogen) atoms. The lowest BCUT2D eigenvalue weighted by Gasteiger charge is -2.25. The summed E-state index contributed by atoms with van der Waals surface area (Å²) in [6.07, 6.45) is 4.61. The summed E-state index contributed by atoms with van der Waals surface area (Å²) in [7, 11) is -3.49. The molecule has 4 nitrogen and oxygen atoms in total. The Morgan fingerprint density at radius 3 is 2.79 bits per heavy atom. The third-order valence-electron chi connectivity index (χ3n) is 5.09. The van der Waals surface area contributed by atoms with E-state index in [0.717, 1.165) is 36.1 Å². The molecule has 5 heteroatoms. The van der Waals surface area contributed by atoms with E-state index in [-0.39, 0.29) is 0 Å². The number of nitrogens with zero attached hydrogens (tertiary/aromatic N) is 1. The molecule has 0 radical (unpaired) electrons. The highest BCUT2D eigenvalue weighted by molar-refractivity contribution is 7.92. The Kier molecular flexibility index (Phi) is 3.77. The fraction of sp³-hybridized carbons (Fsp3) is 0.316. The number of aliphatic imine (C=N–C) groups is 1. The van der Waals surface area contributed by atoms with E-state index < -0.39 is 15.1 Å². The second kappa shape index (κ2) is 5.83. The van der Waals surface area contributed by atoms with Gasteiger partial charge in [-0.15, -0.1) is 0 Å². The van der Waals surface area contributed by atoms with Crippen molar-refractivity contribution in [2.24, 2.45) is 10.7 Å². The average molecular weight is 340 g/mol. The number of fused-ring (bicyclic) bond motifs is 2. The summed E-state index contributed by atoms with van der Waals surface area (Å²) < 4.78 is 26.2. The minimum Gasteiger partial charge on any atom is -0.330 e. The monoisotopic (exact) mass is 340 g/mol. The van der Waals surface area contributed by atoms with E-state index in [0.29, 0.717) is 17.4 Å². The Hall–Kier alpha value is -1.98. The van der Waals surface area contributed by atoms with Gasteiger partial charge in [-0.25, -0.2) is 8.42 Å². The summed E-state index contributed by atoms with van der Waals surface area (Å²) in [6.45, 7) is 0.613. The first-order valence-corrected chi connectivity index (χ1v) is 9.86. The van der Waals surface area contributed by atoms with Crippen molar-refractivity contribution in [2.45, 2.75) is 35.3 Å². The molecule has 1 unspecified atom stereocenters. The lowest BCUT2D eigenvalue weighted by Crippen LogP contribution is -2.19. The Morgan fingerprint density at radius 1 is 1.12 bits per heavy atom. The number of para-hydroxylation sites is 1. The number of aryl methyl sites for hydroxylation is 1. The van der Waals surface area contributed by atoms with Crippen LogP contribution in [0.4, 0.5) is 5.69 Å². The summed E-state index contributed by atoms with van der Waals surface area (Å²) in [5.74, 6) is 0.347. The molecule has 0 saturated carbocycles. The van der Waals surface area contributed by atoms with E-state index in [1.54, 1.807) is 12.3 Å². The van der Waals surface area contributed by atoms with Crippen molar-refractivity contribution in [3.8, 4) is 0 Å². The second-order valence-corrected chi connectivity index (χ2v) is 8.56. The molecule has 1 heterocycles. The van der Waals surface area contributed by atoms with E-state index in [1.165, 1.54) is 5.56 Å². The summed E-state index contributed by atoms with van der Waals surface area (Å²) in [5.41, 5.74) is 9.70. The standard InChI is InChI=1S/C19H20N2O2S/c20-11-14-5-3-4-13-10-15(8-9-16(13)14)24(22,23)19-12-21-18-7-2-1-6-17(18)19/h1-2,6-10,12,14,19H,3-5,11,20H2/t14?,19-/m0/s1. The number of hydrogen-bond acceptors (Lipinski definition) is 4. The SMILES string of the molecule is NCC1CCCc2cc(S(=O)(=O)[C@H]3C=Nc4ccccc43)ccc21. The van der Waals surface area contributed by atoms with Crippen molar-refractivity contribution in [1.82, 2.24) is 0 Å². The molecule has 0 amide bonds. The number of sulfone groups is 1. The third kappa shape index (κ3) is 2.39. The zero-order valence-electron chi connectivity index (χ0n) is 13.4. The fourth-order valence-electron chi connectivity index (χ4n) is 3.78. The van der Waals surface area contributed by atoms with Gasteiger partial charge in [0.05, 0.1) is 10.6 Å². The van der Waals surface area contributed by atoms with E-state index >= 15 is 0 Å². The van der Waals surface area contributed by atoms with E-state index in [1.807, 2.05) is 36.4 Å². The van der Waals surface area contributed by atoms with Gasteiger partial charge in [0.25, 0.3) is 0 Å². The van der Waals surface area contributed by atoms with Gasteiger partial charge in [-0.1, -0.05) is 24.3 Å². The minimum atomic E-state index is -3.49. The van der Waals surface area contributed by atoms with Crippen LogP contribution in [-0.4, -0.2) is 21.2 Å². The third-order valence-corrected chi connectivity index (χ3v) is 7.05. The number of hydrogen-bond donors (Lipinski definition) is 1. The van der Waals surface area contributed by atoms with Crippen LogP contribution in [0, 0.1) is 0 Å². The van der Waals surface area contributed by atoms with Gasteiger partial charge in [-0.2, -0.15) is 0 Å². The van der Waals surface area contributed by atoms with Gasteiger partial charge in [0.15, 0.2) is 9.84 Å². The Morgan fingerprint density at radius 2 is 1.96 bits per heavy atom. The second-order valence-electron chi connectivity index (χ2n) is 6.49. The first kappa shape index (κ1) is 15.5. The molecule has 0 saturated heterocycles. The van der Waals surface area contributed by atoms with Crippen molar-refractivity contribution >= 4 is 21.7 Å². The van der Waals surface area contributed by atoms with Crippen LogP contribution in [-0.2, 0) is 16.3 Å². The summed E-state index contributed by atoms with van der Waals surface area (Å²) in [6, 6.07) is 13.0. The lowest BCUT2D eigenvalue weighted by atomic mass is 9.83. The molecule has 2 atom stereocenters. The Labute approximate surface area is 142 Å². The van der Waals surface area contributed by atoms with Crippen LogP contribution in [0.25, 0.3) is 0 Å². The molecule has 2 N–H and O–H groups in total. The first-order valence-electron chi connectivity index (χ1n) is 8.31. The Bertz CT molecular complexity index is 919. The van der Waals surface area contributed by atoms with Crippen LogP contribution in [0.15, 0.2) is 52.4 Å². The molecule has 2 aromatic carbocycles. The average Bonchev–Trinajstić information content (AvgIpc) is 3.05. The van der Waals surface area contributed by atoms with Crippen LogP contribution in [0.1, 0.15) is 40.7 Å². The molecular formula is C19H20N2O2S. The minimum absolute atomic E-state index is 0.347. The number of benzene rings is 2. The molecule has 0 bridgehead atoms. The van der Waals surface area contributed by atoms with Crippen molar-refractivity contribution in [1.29, 1.82) is 0 Å². The van der Waals surface area contributed by atoms with Gasteiger partial charge in [0.1, 0.15) is 5.25 Å². The quantitative estimate of drug-likeness (QED) is 0.932. The maximum absolute atomic E-state index is 13.1. The zero-order valence-corrected chi connectivity index (χ0v) is 14.2.